The van der Waals surface area contributed by atoms with Crippen molar-refractivity contribution in [1.29, 1.82) is 0 Å². The average Bonchev–Trinajstić information content (AvgIpc) is 2.90. The third-order valence-corrected chi connectivity index (χ3v) is 3.66. The van der Waals surface area contributed by atoms with Crippen LogP contribution >= 0.6 is 0 Å². The molecule has 3 aromatic heterocycles. The molecule has 22 heavy (non-hydrogen) atoms. The Kier molecular flexibility index (Phi) is 3.58. The van der Waals surface area contributed by atoms with Crippen molar-refractivity contribution in [2.45, 2.75) is 27.3 Å². The third kappa shape index (κ3) is 2.22. The van der Waals surface area contributed by atoms with Crippen molar-refractivity contribution in [3.8, 4) is 11.1 Å². The molecular weight excluding hydrogens is 278 g/mol. The molecule has 0 atom stereocenters. The number of rotatable bonds is 3. The molecule has 1 N–H and O–H groups in total. The van der Waals surface area contributed by atoms with Gasteiger partial charge in [0.15, 0.2) is 5.65 Å². The summed E-state index contributed by atoms with van der Waals surface area (Å²) in [4.78, 5) is 8.88. The lowest BCUT2D eigenvalue weighted by Crippen LogP contribution is -2.02. The first-order valence-electron chi connectivity index (χ1n) is 7.11. The summed E-state index contributed by atoms with van der Waals surface area (Å²) in [5.41, 5.74) is 5.36. The normalized spacial score (nSPS) is 11.6. The minimum Gasteiger partial charge on any atom is -0.411 e. The Bertz CT molecular complexity index is 866. The molecule has 0 fully saturated rings. The molecule has 3 aromatic rings. The Morgan fingerprint density at radius 1 is 1.27 bits per heavy atom. The molecule has 0 aliphatic heterocycles. The highest BCUT2D eigenvalue weighted by Crippen LogP contribution is 2.32. The summed E-state index contributed by atoms with van der Waals surface area (Å²) in [6.45, 7) is 6.67. The van der Waals surface area contributed by atoms with E-state index in [0.29, 0.717) is 0 Å². The fourth-order valence-electron chi connectivity index (χ4n) is 2.67. The zero-order chi connectivity index (χ0) is 15.7. The van der Waals surface area contributed by atoms with Crippen LogP contribution in [0.1, 0.15) is 23.7 Å². The lowest BCUT2D eigenvalue weighted by Gasteiger charge is -2.11. The zero-order valence-corrected chi connectivity index (χ0v) is 12.8. The Balaban J connectivity index is 2.43. The topological polar surface area (TPSA) is 76.2 Å². The van der Waals surface area contributed by atoms with E-state index < -0.39 is 0 Å². The van der Waals surface area contributed by atoms with Gasteiger partial charge >= 0.3 is 0 Å². The molecule has 0 amide bonds. The van der Waals surface area contributed by atoms with Gasteiger partial charge in [-0.15, -0.1) is 0 Å². The summed E-state index contributed by atoms with van der Waals surface area (Å²) >= 11 is 0. The number of hydrogen-bond donors (Lipinski definition) is 1. The molecule has 6 heteroatoms. The van der Waals surface area contributed by atoms with E-state index in [9.17, 15) is 0 Å². The van der Waals surface area contributed by atoms with Gasteiger partial charge in [0.25, 0.3) is 0 Å². The van der Waals surface area contributed by atoms with Crippen LogP contribution in [0.4, 0.5) is 0 Å². The first-order chi connectivity index (χ1) is 10.7. The molecule has 0 aromatic carbocycles. The van der Waals surface area contributed by atoms with Crippen LogP contribution in [-0.4, -0.2) is 31.2 Å². The minimum atomic E-state index is 0.745. The SMILES string of the molecule is CCn1ncc2c(-c3cncc(C)c3)c(/C=N/O)c(C)nc21. The molecule has 0 bridgehead atoms. The number of fused-ring (bicyclic) bond motifs is 1. The van der Waals surface area contributed by atoms with Crippen LogP contribution in [0.25, 0.3) is 22.2 Å². The van der Waals surface area contributed by atoms with Crippen LogP contribution in [0.15, 0.2) is 29.8 Å². The van der Waals surface area contributed by atoms with Crippen molar-refractivity contribution < 1.29 is 5.21 Å². The van der Waals surface area contributed by atoms with Gasteiger partial charge in [0.1, 0.15) is 0 Å². The summed E-state index contributed by atoms with van der Waals surface area (Å²) < 4.78 is 1.86. The summed E-state index contributed by atoms with van der Waals surface area (Å²) in [6, 6.07) is 2.05. The summed E-state index contributed by atoms with van der Waals surface area (Å²) in [7, 11) is 0. The van der Waals surface area contributed by atoms with Crippen LogP contribution in [-0.2, 0) is 6.54 Å². The number of aryl methyl sites for hydroxylation is 3. The van der Waals surface area contributed by atoms with E-state index in [1.54, 1.807) is 12.4 Å². The first-order valence-corrected chi connectivity index (χ1v) is 7.11. The summed E-state index contributed by atoms with van der Waals surface area (Å²) in [5.74, 6) is 0. The third-order valence-electron chi connectivity index (χ3n) is 3.66. The van der Waals surface area contributed by atoms with Crippen LogP contribution in [0.3, 0.4) is 0 Å². The number of pyridine rings is 2. The largest absolute Gasteiger partial charge is 0.411 e. The standard InChI is InChI=1S/C16H17N5O/c1-4-21-16-14(8-18-21)15(12-5-10(2)6-17-7-12)13(9-19-22)11(3)20-16/h5-9,22H,4H2,1-3H3/b19-9+. The highest BCUT2D eigenvalue weighted by Gasteiger charge is 2.17. The molecule has 0 aliphatic carbocycles. The van der Waals surface area contributed by atoms with Crippen LogP contribution in [0.2, 0.25) is 0 Å². The maximum atomic E-state index is 9.00. The maximum Gasteiger partial charge on any atom is 0.158 e. The van der Waals surface area contributed by atoms with Gasteiger partial charge in [-0.1, -0.05) is 5.16 Å². The second kappa shape index (κ2) is 5.55. The molecular formula is C16H17N5O. The van der Waals surface area contributed by atoms with Crippen molar-refractivity contribution in [2.75, 3.05) is 0 Å². The van der Waals surface area contributed by atoms with Crippen molar-refractivity contribution >= 4 is 17.2 Å². The highest BCUT2D eigenvalue weighted by molar-refractivity contribution is 6.03. The maximum absolute atomic E-state index is 9.00. The Morgan fingerprint density at radius 2 is 2.09 bits per heavy atom. The van der Waals surface area contributed by atoms with E-state index in [0.717, 1.165) is 45.5 Å². The Hall–Kier alpha value is -2.76. The van der Waals surface area contributed by atoms with Gasteiger partial charge in [0.05, 0.1) is 12.4 Å². The lowest BCUT2D eigenvalue weighted by molar-refractivity contribution is 0.322. The molecule has 3 rings (SSSR count). The average molecular weight is 295 g/mol. The fraction of sp³-hybridized carbons (Fsp3) is 0.250. The number of hydrogen-bond acceptors (Lipinski definition) is 5. The fourth-order valence-corrected chi connectivity index (χ4v) is 2.67. The summed E-state index contributed by atoms with van der Waals surface area (Å²) in [5, 5.41) is 17.5. The van der Waals surface area contributed by atoms with E-state index in [2.05, 4.69) is 26.3 Å². The first kappa shape index (κ1) is 14.2. The van der Waals surface area contributed by atoms with Gasteiger partial charge in [0.2, 0.25) is 0 Å². The number of aromatic nitrogens is 4. The van der Waals surface area contributed by atoms with Gasteiger partial charge in [-0.05, 0) is 32.4 Å². The predicted molar refractivity (Wildman–Crippen MR) is 85.3 cm³/mol. The molecule has 0 aliphatic rings. The van der Waals surface area contributed by atoms with Gasteiger partial charge < -0.3 is 5.21 Å². The summed E-state index contributed by atoms with van der Waals surface area (Å²) in [6.07, 6.45) is 6.84. The minimum absolute atomic E-state index is 0.745. The smallest absolute Gasteiger partial charge is 0.158 e. The number of oxime groups is 1. The van der Waals surface area contributed by atoms with E-state index in [-0.39, 0.29) is 0 Å². The van der Waals surface area contributed by atoms with Crippen LogP contribution in [0, 0.1) is 13.8 Å². The molecule has 0 saturated carbocycles. The van der Waals surface area contributed by atoms with Crippen molar-refractivity contribution in [3.05, 3.63) is 41.5 Å². The van der Waals surface area contributed by atoms with Crippen molar-refractivity contribution in [2.24, 2.45) is 5.16 Å². The molecule has 6 nitrogen and oxygen atoms in total. The van der Waals surface area contributed by atoms with Gasteiger partial charge in [-0.25, -0.2) is 9.67 Å². The molecule has 0 radical (unpaired) electrons. The van der Waals surface area contributed by atoms with Crippen LogP contribution in [0.5, 0.6) is 0 Å². The van der Waals surface area contributed by atoms with E-state index in [1.165, 1.54) is 6.21 Å². The van der Waals surface area contributed by atoms with Crippen molar-refractivity contribution in [1.82, 2.24) is 19.7 Å². The van der Waals surface area contributed by atoms with Crippen molar-refractivity contribution in [3.63, 3.8) is 0 Å². The quantitative estimate of drug-likeness (QED) is 0.458. The van der Waals surface area contributed by atoms with E-state index in [1.807, 2.05) is 31.6 Å². The Morgan fingerprint density at radius 3 is 2.77 bits per heavy atom. The Labute approximate surface area is 128 Å². The van der Waals surface area contributed by atoms with Gasteiger partial charge in [-0.2, -0.15) is 5.10 Å². The van der Waals surface area contributed by atoms with Gasteiger partial charge in [-0.3, -0.25) is 4.98 Å². The molecule has 0 unspecified atom stereocenters. The highest BCUT2D eigenvalue weighted by atomic mass is 16.4. The molecule has 112 valence electrons. The monoisotopic (exact) mass is 295 g/mol. The molecule has 0 saturated heterocycles. The number of nitrogens with zero attached hydrogens (tertiary/aromatic N) is 5. The van der Waals surface area contributed by atoms with Gasteiger partial charge in [0, 0.05) is 46.7 Å². The van der Waals surface area contributed by atoms with E-state index in [4.69, 9.17) is 5.21 Å². The van der Waals surface area contributed by atoms with Crippen LogP contribution < -0.4 is 0 Å². The molecule has 0 spiro atoms. The lowest BCUT2D eigenvalue weighted by atomic mass is 9.97. The van der Waals surface area contributed by atoms with E-state index >= 15 is 0 Å². The predicted octanol–water partition coefficient (Wildman–Crippen LogP) is 2.94. The second-order valence-electron chi connectivity index (χ2n) is 5.18. The zero-order valence-electron chi connectivity index (χ0n) is 12.8. The second-order valence-corrected chi connectivity index (χ2v) is 5.18. The molecule has 3 heterocycles.